The van der Waals surface area contributed by atoms with Crippen LogP contribution in [0.3, 0.4) is 0 Å². The summed E-state index contributed by atoms with van der Waals surface area (Å²) in [6, 6.07) is 0. The minimum absolute atomic E-state index is 0.0643. The highest BCUT2D eigenvalue weighted by Crippen LogP contribution is 2.17. The first-order chi connectivity index (χ1) is 27.7. The lowest BCUT2D eigenvalue weighted by Crippen LogP contribution is -2.30. The fraction of sp³-hybridized carbons (Fsp3) is 0.941. The summed E-state index contributed by atoms with van der Waals surface area (Å²) in [5.74, 6) is 0.776. The fourth-order valence-corrected chi connectivity index (χ4v) is 7.64. The van der Waals surface area contributed by atoms with Crippen LogP contribution in [-0.2, 0) is 28.6 Å². The molecule has 0 N–H and O–H groups in total. The van der Waals surface area contributed by atoms with Gasteiger partial charge in [-0.2, -0.15) is 0 Å². The molecule has 0 heterocycles. The summed E-state index contributed by atoms with van der Waals surface area (Å²) in [5.41, 5.74) is 0. The van der Waals surface area contributed by atoms with Crippen LogP contribution in [0.4, 0.5) is 0 Å². The zero-order valence-corrected chi connectivity index (χ0v) is 39.0. The maximum Gasteiger partial charge on any atom is 0.306 e. The van der Waals surface area contributed by atoms with Gasteiger partial charge >= 0.3 is 17.9 Å². The van der Waals surface area contributed by atoms with Crippen LogP contribution >= 0.6 is 0 Å². The van der Waals surface area contributed by atoms with Crippen LogP contribution in [0.5, 0.6) is 0 Å². The molecule has 0 amide bonds. The number of unbranched alkanes of at least 4 members (excludes halogenated alkanes) is 30. The van der Waals surface area contributed by atoms with E-state index in [-0.39, 0.29) is 31.1 Å². The predicted octanol–water partition coefficient (Wildman–Crippen LogP) is 16.1. The van der Waals surface area contributed by atoms with Crippen molar-refractivity contribution < 1.29 is 28.6 Å². The second kappa shape index (κ2) is 44.0. The van der Waals surface area contributed by atoms with Crippen LogP contribution in [0.25, 0.3) is 0 Å². The predicted molar refractivity (Wildman–Crippen MR) is 243 cm³/mol. The number of carbonyl (C=O) groups excluding carboxylic acids is 3. The van der Waals surface area contributed by atoms with Crippen LogP contribution < -0.4 is 0 Å². The van der Waals surface area contributed by atoms with E-state index in [2.05, 4.69) is 34.6 Å². The van der Waals surface area contributed by atoms with E-state index in [4.69, 9.17) is 14.2 Å². The fourth-order valence-electron chi connectivity index (χ4n) is 7.64. The first kappa shape index (κ1) is 55.4. The normalized spacial score (nSPS) is 12.1. The molecule has 6 nitrogen and oxygen atoms in total. The minimum Gasteiger partial charge on any atom is -0.462 e. The molecule has 0 aliphatic rings. The first-order valence-electron chi connectivity index (χ1n) is 25.2. The van der Waals surface area contributed by atoms with Gasteiger partial charge in [-0.05, 0) is 31.1 Å². The van der Waals surface area contributed by atoms with Gasteiger partial charge in [-0.15, -0.1) is 0 Å². The molecule has 0 aliphatic heterocycles. The third-order valence-corrected chi connectivity index (χ3v) is 11.5. The van der Waals surface area contributed by atoms with Crippen molar-refractivity contribution in [1.82, 2.24) is 0 Å². The molecule has 0 aromatic carbocycles. The Hall–Kier alpha value is -1.59. The SMILES string of the molecule is CCCCCCCCCCCCCC(=O)OC[C@@H](COC(=O)CCCCCCCCCC(C)C)OC(=O)CCCCCCCCCCCCCCCCCC(C)C. The van der Waals surface area contributed by atoms with Gasteiger partial charge in [-0.25, -0.2) is 0 Å². The van der Waals surface area contributed by atoms with Crippen molar-refractivity contribution in [2.45, 2.75) is 285 Å². The van der Waals surface area contributed by atoms with Gasteiger partial charge in [-0.3, -0.25) is 14.4 Å². The summed E-state index contributed by atoms with van der Waals surface area (Å²) in [6.07, 6.45) is 43.8. The molecule has 6 heteroatoms. The molecule has 0 rings (SSSR count). The maximum absolute atomic E-state index is 12.8. The molecule has 0 saturated heterocycles. The molecular formula is C51H98O6. The van der Waals surface area contributed by atoms with Gasteiger partial charge in [0.05, 0.1) is 0 Å². The topological polar surface area (TPSA) is 78.9 Å². The summed E-state index contributed by atoms with van der Waals surface area (Å²) in [7, 11) is 0. The molecule has 1 atom stereocenters. The van der Waals surface area contributed by atoms with Crippen molar-refractivity contribution >= 4 is 17.9 Å². The second-order valence-corrected chi connectivity index (χ2v) is 18.4. The highest BCUT2D eigenvalue weighted by molar-refractivity contribution is 5.71. The lowest BCUT2D eigenvalue weighted by atomic mass is 10.0. The Morgan fingerprint density at radius 2 is 0.579 bits per heavy atom. The van der Waals surface area contributed by atoms with Gasteiger partial charge in [0, 0.05) is 19.3 Å². The van der Waals surface area contributed by atoms with Gasteiger partial charge in [0.15, 0.2) is 6.10 Å². The third-order valence-electron chi connectivity index (χ3n) is 11.5. The van der Waals surface area contributed by atoms with E-state index in [0.29, 0.717) is 19.3 Å². The zero-order valence-electron chi connectivity index (χ0n) is 39.0. The van der Waals surface area contributed by atoms with Gasteiger partial charge in [0.1, 0.15) is 13.2 Å². The summed E-state index contributed by atoms with van der Waals surface area (Å²) in [4.78, 5) is 37.8. The van der Waals surface area contributed by atoms with Crippen LogP contribution in [0.15, 0.2) is 0 Å². The molecule has 0 aliphatic carbocycles. The number of rotatable bonds is 45. The number of esters is 3. The molecular weight excluding hydrogens is 709 g/mol. The second-order valence-electron chi connectivity index (χ2n) is 18.4. The molecule has 0 bridgehead atoms. The Bertz CT molecular complexity index is 870. The Morgan fingerprint density at radius 1 is 0.333 bits per heavy atom. The lowest BCUT2D eigenvalue weighted by molar-refractivity contribution is -0.167. The van der Waals surface area contributed by atoms with Crippen LogP contribution in [-0.4, -0.2) is 37.2 Å². The molecule has 0 fully saturated rings. The standard InChI is InChI=1S/C51H98O6/c1-6-7-8-9-10-11-17-21-26-31-36-41-49(52)55-44-48(45-56-50(53)42-37-32-28-23-25-30-35-40-47(4)5)57-51(54)43-38-33-27-22-19-16-14-12-13-15-18-20-24-29-34-39-46(2)3/h46-48H,6-45H2,1-5H3/t48-/m0/s1. The molecule has 57 heavy (non-hydrogen) atoms. The molecule has 0 aromatic heterocycles. The first-order valence-corrected chi connectivity index (χ1v) is 25.2. The number of carbonyl (C=O) groups is 3. The minimum atomic E-state index is -0.761. The Morgan fingerprint density at radius 3 is 0.860 bits per heavy atom. The van der Waals surface area contributed by atoms with Crippen molar-refractivity contribution in [3.63, 3.8) is 0 Å². The van der Waals surface area contributed by atoms with Crippen molar-refractivity contribution in [1.29, 1.82) is 0 Å². The van der Waals surface area contributed by atoms with Gasteiger partial charge < -0.3 is 14.2 Å². The van der Waals surface area contributed by atoms with Crippen molar-refractivity contribution in [2.24, 2.45) is 11.8 Å². The Labute approximate surface area is 355 Å². The molecule has 0 spiro atoms. The van der Waals surface area contributed by atoms with E-state index < -0.39 is 6.10 Å². The molecule has 0 aromatic rings. The smallest absolute Gasteiger partial charge is 0.306 e. The largest absolute Gasteiger partial charge is 0.462 e. The number of ether oxygens (including phenoxy) is 3. The lowest BCUT2D eigenvalue weighted by Gasteiger charge is -2.18. The van der Waals surface area contributed by atoms with Crippen LogP contribution in [0.2, 0.25) is 0 Å². The maximum atomic E-state index is 12.8. The molecule has 0 saturated carbocycles. The average molecular weight is 807 g/mol. The monoisotopic (exact) mass is 807 g/mol. The highest BCUT2D eigenvalue weighted by atomic mass is 16.6. The molecule has 0 unspecified atom stereocenters. The highest BCUT2D eigenvalue weighted by Gasteiger charge is 2.19. The third kappa shape index (κ3) is 45.3. The van der Waals surface area contributed by atoms with Crippen LogP contribution in [0.1, 0.15) is 279 Å². The number of hydrogen-bond donors (Lipinski definition) is 0. The zero-order chi connectivity index (χ0) is 41.9. The van der Waals surface area contributed by atoms with Crippen molar-refractivity contribution in [3.05, 3.63) is 0 Å². The molecule has 338 valence electrons. The summed E-state index contributed by atoms with van der Waals surface area (Å²) < 4.78 is 16.8. The quantitative estimate of drug-likeness (QED) is 0.0346. The Balaban J connectivity index is 4.26. The Kier molecular flexibility index (Phi) is 42.7. The van der Waals surface area contributed by atoms with Gasteiger partial charge in [-0.1, -0.05) is 240 Å². The van der Waals surface area contributed by atoms with Crippen molar-refractivity contribution in [2.75, 3.05) is 13.2 Å². The summed E-state index contributed by atoms with van der Waals surface area (Å²) in [6.45, 7) is 11.3. The van der Waals surface area contributed by atoms with E-state index >= 15 is 0 Å². The van der Waals surface area contributed by atoms with E-state index in [0.717, 1.165) is 69.6 Å². The van der Waals surface area contributed by atoms with Crippen molar-refractivity contribution in [3.8, 4) is 0 Å². The average Bonchev–Trinajstić information content (AvgIpc) is 3.18. The van der Waals surface area contributed by atoms with E-state index in [9.17, 15) is 14.4 Å². The van der Waals surface area contributed by atoms with Gasteiger partial charge in [0.25, 0.3) is 0 Å². The van der Waals surface area contributed by atoms with Gasteiger partial charge in [0.2, 0.25) is 0 Å². The van der Waals surface area contributed by atoms with E-state index in [1.807, 2.05) is 0 Å². The number of hydrogen-bond acceptors (Lipinski definition) is 6. The summed E-state index contributed by atoms with van der Waals surface area (Å²) >= 11 is 0. The van der Waals surface area contributed by atoms with Crippen LogP contribution in [0, 0.1) is 11.8 Å². The van der Waals surface area contributed by atoms with E-state index in [1.54, 1.807) is 0 Å². The molecule has 0 radical (unpaired) electrons. The summed E-state index contributed by atoms with van der Waals surface area (Å²) in [5, 5.41) is 0. The van der Waals surface area contributed by atoms with E-state index in [1.165, 1.54) is 167 Å².